The second kappa shape index (κ2) is 6.43. The molecule has 19 heavy (non-hydrogen) atoms. The molecule has 1 aliphatic rings. The first kappa shape index (κ1) is 13.7. The molecule has 4 nitrogen and oxygen atoms in total. The minimum absolute atomic E-state index is 0.0719. The smallest absolute Gasteiger partial charge is 0.243 e. The van der Waals surface area contributed by atoms with Gasteiger partial charge in [-0.2, -0.15) is 5.10 Å². The Balaban J connectivity index is 2.05. The average Bonchev–Trinajstić information content (AvgIpc) is 2.41. The van der Waals surface area contributed by atoms with E-state index in [1.54, 1.807) is 5.01 Å². The van der Waals surface area contributed by atoms with Crippen molar-refractivity contribution < 1.29 is 4.79 Å². The summed E-state index contributed by atoms with van der Waals surface area (Å²) in [5, 5.41) is 5.99. The fourth-order valence-corrected chi connectivity index (χ4v) is 2.16. The van der Waals surface area contributed by atoms with Crippen molar-refractivity contribution in [3.8, 4) is 0 Å². The lowest BCUT2D eigenvalue weighted by Gasteiger charge is -2.23. The van der Waals surface area contributed by atoms with E-state index in [-0.39, 0.29) is 5.91 Å². The van der Waals surface area contributed by atoms with E-state index in [1.807, 2.05) is 30.3 Å². The monoisotopic (exact) mass is 275 g/mol. The van der Waals surface area contributed by atoms with Gasteiger partial charge < -0.3 is 5.73 Å². The summed E-state index contributed by atoms with van der Waals surface area (Å²) in [5.41, 5.74) is 7.50. The zero-order valence-corrected chi connectivity index (χ0v) is 11.5. The summed E-state index contributed by atoms with van der Waals surface area (Å²) < 4.78 is 0. The molecule has 0 saturated heterocycles. The van der Waals surface area contributed by atoms with E-state index >= 15 is 0 Å². The Morgan fingerprint density at radius 2 is 2.05 bits per heavy atom. The molecule has 2 rings (SSSR count). The average molecular weight is 275 g/mol. The zero-order valence-electron chi connectivity index (χ0n) is 10.7. The third kappa shape index (κ3) is 3.86. The first-order valence-electron chi connectivity index (χ1n) is 6.38. The van der Waals surface area contributed by atoms with Gasteiger partial charge in [-0.1, -0.05) is 42.5 Å². The van der Waals surface area contributed by atoms with Gasteiger partial charge >= 0.3 is 0 Å². The van der Waals surface area contributed by atoms with Crippen molar-refractivity contribution in [3.63, 3.8) is 0 Å². The highest BCUT2D eigenvalue weighted by atomic mass is 32.1. The molecule has 0 bridgehead atoms. The predicted molar refractivity (Wildman–Crippen MR) is 79.9 cm³/mol. The molecule has 0 aliphatic carbocycles. The van der Waals surface area contributed by atoms with Gasteiger partial charge in [0.1, 0.15) is 0 Å². The fraction of sp³-hybridized carbons (Fsp3) is 0.357. The number of nitrogens with zero attached hydrogens (tertiary/aromatic N) is 2. The Morgan fingerprint density at radius 1 is 1.32 bits per heavy atom. The zero-order chi connectivity index (χ0) is 13.7. The van der Waals surface area contributed by atoms with Crippen LogP contribution in [0, 0.1) is 0 Å². The molecule has 0 unspecified atom stereocenters. The summed E-state index contributed by atoms with van der Waals surface area (Å²) in [4.78, 5) is 12.3. The fourth-order valence-electron chi connectivity index (χ4n) is 2.02. The molecule has 1 aromatic rings. The molecule has 0 spiro atoms. The van der Waals surface area contributed by atoms with Crippen LogP contribution in [-0.2, 0) is 4.79 Å². The SMILES string of the molecule is NC(=S)CCCN1N=C(c2ccccc2)CCC1=O. The van der Waals surface area contributed by atoms with Crippen molar-refractivity contribution in [3.05, 3.63) is 35.9 Å². The maximum absolute atomic E-state index is 11.8. The van der Waals surface area contributed by atoms with Gasteiger partial charge in [0.25, 0.3) is 0 Å². The first-order chi connectivity index (χ1) is 9.16. The Labute approximate surface area is 118 Å². The molecule has 1 amide bonds. The van der Waals surface area contributed by atoms with Gasteiger partial charge in [0, 0.05) is 19.4 Å². The van der Waals surface area contributed by atoms with Gasteiger partial charge in [-0.05, 0) is 18.4 Å². The van der Waals surface area contributed by atoms with Crippen LogP contribution in [0.1, 0.15) is 31.2 Å². The summed E-state index contributed by atoms with van der Waals surface area (Å²) >= 11 is 4.83. The molecular formula is C14H17N3OS. The van der Waals surface area contributed by atoms with Gasteiger partial charge in [0.15, 0.2) is 0 Å². The quantitative estimate of drug-likeness (QED) is 0.837. The number of carbonyl (C=O) groups is 1. The number of hydrogen-bond donors (Lipinski definition) is 1. The number of nitrogens with two attached hydrogens (primary N) is 1. The molecule has 0 saturated carbocycles. The maximum Gasteiger partial charge on any atom is 0.243 e. The van der Waals surface area contributed by atoms with Gasteiger partial charge in [-0.3, -0.25) is 4.79 Å². The molecule has 0 aromatic heterocycles. The van der Waals surface area contributed by atoms with Crippen molar-refractivity contribution in [2.75, 3.05) is 6.54 Å². The van der Waals surface area contributed by atoms with E-state index in [1.165, 1.54) is 0 Å². The number of hydrazone groups is 1. The van der Waals surface area contributed by atoms with Crippen LogP contribution in [0.15, 0.2) is 35.4 Å². The van der Waals surface area contributed by atoms with Crippen molar-refractivity contribution >= 4 is 28.8 Å². The molecule has 0 radical (unpaired) electrons. The molecular weight excluding hydrogens is 258 g/mol. The van der Waals surface area contributed by atoms with Crippen LogP contribution < -0.4 is 5.73 Å². The van der Waals surface area contributed by atoms with Crippen LogP contribution in [0.4, 0.5) is 0 Å². The normalized spacial score (nSPS) is 15.3. The van der Waals surface area contributed by atoms with Gasteiger partial charge in [-0.25, -0.2) is 5.01 Å². The molecule has 2 N–H and O–H groups in total. The Hall–Kier alpha value is -1.75. The number of rotatable bonds is 5. The van der Waals surface area contributed by atoms with Crippen molar-refractivity contribution in [2.24, 2.45) is 10.8 Å². The number of amides is 1. The van der Waals surface area contributed by atoms with Crippen molar-refractivity contribution in [2.45, 2.75) is 25.7 Å². The van der Waals surface area contributed by atoms with Crippen LogP contribution in [-0.4, -0.2) is 28.2 Å². The minimum Gasteiger partial charge on any atom is -0.393 e. The highest BCUT2D eigenvalue weighted by molar-refractivity contribution is 7.80. The highest BCUT2D eigenvalue weighted by Gasteiger charge is 2.20. The van der Waals surface area contributed by atoms with E-state index < -0.39 is 0 Å². The highest BCUT2D eigenvalue weighted by Crippen LogP contribution is 2.15. The first-order valence-corrected chi connectivity index (χ1v) is 6.79. The molecule has 1 aromatic carbocycles. The van der Waals surface area contributed by atoms with E-state index in [0.29, 0.717) is 30.8 Å². The summed E-state index contributed by atoms with van der Waals surface area (Å²) in [6.45, 7) is 0.576. The summed E-state index contributed by atoms with van der Waals surface area (Å²) in [5.74, 6) is 0.0719. The standard InChI is InChI=1S/C14H17N3OS/c15-13(19)7-4-10-17-14(18)9-8-12(16-17)11-5-2-1-3-6-11/h1-3,5-6H,4,7-10H2,(H2,15,19). The Kier molecular flexibility index (Phi) is 4.63. The largest absolute Gasteiger partial charge is 0.393 e. The van der Waals surface area contributed by atoms with Crippen molar-refractivity contribution in [1.82, 2.24) is 5.01 Å². The van der Waals surface area contributed by atoms with Crippen LogP contribution in [0.2, 0.25) is 0 Å². The Morgan fingerprint density at radius 3 is 2.74 bits per heavy atom. The molecule has 1 aliphatic heterocycles. The van der Waals surface area contributed by atoms with E-state index in [2.05, 4.69) is 5.10 Å². The number of carbonyl (C=O) groups excluding carboxylic acids is 1. The summed E-state index contributed by atoms with van der Waals surface area (Å²) in [6.07, 6.45) is 2.62. The topological polar surface area (TPSA) is 58.7 Å². The number of benzene rings is 1. The second-order valence-electron chi connectivity index (χ2n) is 4.50. The van der Waals surface area contributed by atoms with Crippen molar-refractivity contribution in [1.29, 1.82) is 0 Å². The lowest BCUT2D eigenvalue weighted by Crippen LogP contribution is -2.33. The van der Waals surface area contributed by atoms with E-state index in [9.17, 15) is 4.79 Å². The summed E-state index contributed by atoms with van der Waals surface area (Å²) in [7, 11) is 0. The van der Waals surface area contributed by atoms with E-state index in [0.717, 1.165) is 17.7 Å². The van der Waals surface area contributed by atoms with Gasteiger partial charge in [-0.15, -0.1) is 0 Å². The molecule has 0 atom stereocenters. The molecule has 100 valence electrons. The van der Waals surface area contributed by atoms with Gasteiger partial charge in [0.05, 0.1) is 10.7 Å². The van der Waals surface area contributed by atoms with Crippen LogP contribution in [0.5, 0.6) is 0 Å². The molecule has 5 heteroatoms. The lowest BCUT2D eigenvalue weighted by molar-refractivity contribution is -0.131. The Bertz CT molecular complexity index is 499. The lowest BCUT2D eigenvalue weighted by atomic mass is 10.0. The number of thiocarbonyl (C=S) groups is 1. The maximum atomic E-state index is 11.8. The number of hydrogen-bond acceptors (Lipinski definition) is 3. The molecule has 1 heterocycles. The van der Waals surface area contributed by atoms with E-state index in [4.69, 9.17) is 18.0 Å². The summed E-state index contributed by atoms with van der Waals surface area (Å²) in [6, 6.07) is 9.96. The van der Waals surface area contributed by atoms with Crippen LogP contribution in [0.25, 0.3) is 0 Å². The minimum atomic E-state index is 0.0719. The predicted octanol–water partition coefficient (Wildman–Crippen LogP) is 2.08. The second-order valence-corrected chi connectivity index (χ2v) is 5.02. The van der Waals surface area contributed by atoms with Crippen LogP contribution >= 0.6 is 12.2 Å². The van der Waals surface area contributed by atoms with Crippen LogP contribution in [0.3, 0.4) is 0 Å². The van der Waals surface area contributed by atoms with Gasteiger partial charge in [0.2, 0.25) is 5.91 Å². The third-order valence-corrected chi connectivity index (χ3v) is 3.21. The molecule has 0 fully saturated rings. The third-order valence-electron chi connectivity index (χ3n) is 3.01.